The van der Waals surface area contributed by atoms with E-state index in [1.165, 1.54) is 19.2 Å². The molecule has 2 aromatic heterocycles. The normalized spacial score (nSPS) is 21.1. The summed E-state index contributed by atoms with van der Waals surface area (Å²) in [6.07, 6.45) is 4.65. The second-order valence-electron chi connectivity index (χ2n) is 7.83. The average molecular weight is 474 g/mol. The van der Waals surface area contributed by atoms with Crippen molar-refractivity contribution in [2.24, 2.45) is 0 Å². The van der Waals surface area contributed by atoms with Gasteiger partial charge in [-0.2, -0.15) is 0 Å². The highest BCUT2D eigenvalue weighted by atomic mass is 32.2. The molecule has 0 spiro atoms. The van der Waals surface area contributed by atoms with Gasteiger partial charge in [0.05, 0.1) is 48.8 Å². The predicted octanol–water partition coefficient (Wildman–Crippen LogP) is 1.63. The van der Waals surface area contributed by atoms with Crippen molar-refractivity contribution in [1.82, 2.24) is 24.7 Å². The van der Waals surface area contributed by atoms with Crippen LogP contribution in [0, 0.1) is 0 Å². The van der Waals surface area contributed by atoms with Crippen LogP contribution in [-0.4, -0.2) is 65.5 Å². The zero-order valence-electron chi connectivity index (χ0n) is 18.2. The quantitative estimate of drug-likeness (QED) is 0.480. The summed E-state index contributed by atoms with van der Waals surface area (Å²) >= 11 is 0. The Labute approximate surface area is 192 Å². The van der Waals surface area contributed by atoms with E-state index in [0.717, 1.165) is 5.69 Å². The number of benzene rings is 1. The van der Waals surface area contributed by atoms with Crippen molar-refractivity contribution in [3.63, 3.8) is 0 Å². The smallest absolute Gasteiger partial charge is 0.241 e. The summed E-state index contributed by atoms with van der Waals surface area (Å²) in [4.78, 5) is 4.38. The SMILES string of the molecule is COc1cccc(S(=O)(=O)N[C@H]2CC[C@H](CCn3cc(-c4ccccn4)nn3)O[C@H]2CO)c1. The molecule has 10 nitrogen and oxygen atoms in total. The summed E-state index contributed by atoms with van der Waals surface area (Å²) < 4.78 is 41.2. The van der Waals surface area contributed by atoms with Crippen LogP contribution < -0.4 is 9.46 Å². The molecule has 3 aromatic rings. The minimum atomic E-state index is -3.78. The van der Waals surface area contributed by atoms with Gasteiger partial charge in [-0.3, -0.25) is 9.67 Å². The summed E-state index contributed by atoms with van der Waals surface area (Å²) in [5, 5.41) is 18.1. The zero-order chi connectivity index (χ0) is 23.3. The molecule has 2 N–H and O–H groups in total. The number of hydrogen-bond donors (Lipinski definition) is 2. The number of aliphatic hydroxyl groups excluding tert-OH is 1. The van der Waals surface area contributed by atoms with E-state index in [4.69, 9.17) is 9.47 Å². The lowest BCUT2D eigenvalue weighted by Gasteiger charge is -2.36. The number of aromatic nitrogens is 4. The predicted molar refractivity (Wildman–Crippen MR) is 120 cm³/mol. The monoisotopic (exact) mass is 473 g/mol. The highest BCUT2D eigenvalue weighted by Gasteiger charge is 2.34. The summed E-state index contributed by atoms with van der Waals surface area (Å²) in [5.41, 5.74) is 1.45. The Balaban J connectivity index is 1.33. The van der Waals surface area contributed by atoms with E-state index in [-0.39, 0.29) is 17.6 Å². The second-order valence-corrected chi connectivity index (χ2v) is 9.55. The lowest BCUT2D eigenvalue weighted by molar-refractivity contribution is -0.0891. The number of nitrogens with zero attached hydrogens (tertiary/aromatic N) is 4. The number of aliphatic hydroxyl groups is 1. The molecule has 1 aliphatic rings. The van der Waals surface area contributed by atoms with Crippen molar-refractivity contribution in [2.75, 3.05) is 13.7 Å². The van der Waals surface area contributed by atoms with Gasteiger partial charge in [0.25, 0.3) is 0 Å². The fourth-order valence-electron chi connectivity index (χ4n) is 3.83. The molecular formula is C22H27N5O5S. The Bertz CT molecular complexity index is 1150. The first-order valence-corrected chi connectivity index (χ1v) is 12.2. The molecule has 1 fully saturated rings. The lowest BCUT2D eigenvalue weighted by atomic mass is 9.98. The number of rotatable bonds is 9. The zero-order valence-corrected chi connectivity index (χ0v) is 19.1. The van der Waals surface area contributed by atoms with E-state index in [2.05, 4.69) is 20.0 Å². The van der Waals surface area contributed by atoms with Crippen molar-refractivity contribution >= 4 is 10.0 Å². The average Bonchev–Trinajstić information content (AvgIpc) is 3.33. The number of pyridine rings is 1. The summed E-state index contributed by atoms with van der Waals surface area (Å²) in [6, 6.07) is 11.3. The molecule has 3 atom stereocenters. The number of sulfonamides is 1. The van der Waals surface area contributed by atoms with Crippen LogP contribution in [0.25, 0.3) is 11.4 Å². The molecule has 0 amide bonds. The fraction of sp³-hybridized carbons (Fsp3) is 0.409. The molecule has 1 saturated heterocycles. The van der Waals surface area contributed by atoms with Crippen LogP contribution in [0.5, 0.6) is 5.75 Å². The van der Waals surface area contributed by atoms with Gasteiger partial charge in [0.2, 0.25) is 10.0 Å². The first kappa shape index (κ1) is 23.3. The van der Waals surface area contributed by atoms with Crippen molar-refractivity contribution in [2.45, 2.75) is 49.0 Å². The number of methoxy groups -OCH3 is 1. The molecule has 33 heavy (non-hydrogen) atoms. The minimum absolute atomic E-state index is 0.107. The van der Waals surface area contributed by atoms with Crippen molar-refractivity contribution < 1.29 is 23.0 Å². The van der Waals surface area contributed by atoms with E-state index in [1.807, 2.05) is 24.4 Å². The molecule has 0 bridgehead atoms. The molecule has 4 rings (SSSR count). The van der Waals surface area contributed by atoms with Crippen LogP contribution in [0.4, 0.5) is 0 Å². The van der Waals surface area contributed by atoms with Crippen LogP contribution in [-0.2, 0) is 21.3 Å². The summed E-state index contributed by atoms with van der Waals surface area (Å²) in [7, 11) is -2.30. The molecule has 0 saturated carbocycles. The minimum Gasteiger partial charge on any atom is -0.497 e. The molecular weight excluding hydrogens is 446 g/mol. The van der Waals surface area contributed by atoms with Gasteiger partial charge in [-0.05, 0) is 43.5 Å². The molecule has 0 radical (unpaired) electrons. The first-order chi connectivity index (χ1) is 16.0. The maximum absolute atomic E-state index is 12.8. The Hall–Kier alpha value is -2.86. The molecule has 1 aromatic carbocycles. The Kier molecular flexibility index (Phi) is 7.33. The largest absolute Gasteiger partial charge is 0.497 e. The van der Waals surface area contributed by atoms with Gasteiger partial charge < -0.3 is 14.6 Å². The van der Waals surface area contributed by atoms with Gasteiger partial charge in [-0.1, -0.05) is 17.3 Å². The van der Waals surface area contributed by atoms with Crippen molar-refractivity contribution in [3.8, 4) is 17.1 Å². The topological polar surface area (TPSA) is 128 Å². The van der Waals surface area contributed by atoms with Crippen LogP contribution >= 0.6 is 0 Å². The van der Waals surface area contributed by atoms with E-state index >= 15 is 0 Å². The van der Waals surface area contributed by atoms with Gasteiger partial charge in [0, 0.05) is 18.8 Å². The van der Waals surface area contributed by atoms with Crippen LogP contribution in [0.15, 0.2) is 59.8 Å². The van der Waals surface area contributed by atoms with E-state index in [9.17, 15) is 13.5 Å². The van der Waals surface area contributed by atoms with Gasteiger partial charge >= 0.3 is 0 Å². The summed E-state index contributed by atoms with van der Waals surface area (Å²) in [6.45, 7) is 0.303. The first-order valence-electron chi connectivity index (χ1n) is 10.7. The number of hydrogen-bond acceptors (Lipinski definition) is 8. The van der Waals surface area contributed by atoms with Gasteiger partial charge in [-0.25, -0.2) is 13.1 Å². The van der Waals surface area contributed by atoms with Crippen LogP contribution in [0.2, 0.25) is 0 Å². The van der Waals surface area contributed by atoms with Crippen LogP contribution in [0.3, 0.4) is 0 Å². The molecule has 176 valence electrons. The maximum atomic E-state index is 12.8. The molecule has 0 aliphatic carbocycles. The summed E-state index contributed by atoms with van der Waals surface area (Å²) in [5.74, 6) is 0.454. The van der Waals surface area contributed by atoms with Gasteiger partial charge in [-0.15, -0.1) is 5.10 Å². The third kappa shape index (κ3) is 5.74. The van der Waals surface area contributed by atoms with E-state index < -0.39 is 22.2 Å². The van der Waals surface area contributed by atoms with Crippen LogP contribution in [0.1, 0.15) is 19.3 Å². The van der Waals surface area contributed by atoms with Crippen molar-refractivity contribution in [1.29, 1.82) is 0 Å². The molecule has 1 aliphatic heterocycles. The Morgan fingerprint density at radius 1 is 1.21 bits per heavy atom. The van der Waals surface area contributed by atoms with Gasteiger partial charge in [0.15, 0.2) is 0 Å². The highest BCUT2D eigenvalue weighted by molar-refractivity contribution is 7.89. The highest BCUT2D eigenvalue weighted by Crippen LogP contribution is 2.25. The maximum Gasteiger partial charge on any atom is 0.241 e. The standard InChI is InChI=1S/C22H27N5O5S/c1-31-17-5-4-6-18(13-17)33(29,30)25-20-9-8-16(32-22(20)15-28)10-12-27-14-21(24-26-27)19-7-2-3-11-23-19/h2-7,11,13-14,16,20,22,25,28H,8-10,12,15H2,1H3/t16-,20+,22+/m1/s1. The molecule has 3 heterocycles. The molecule has 11 heteroatoms. The Morgan fingerprint density at radius 2 is 2.09 bits per heavy atom. The molecule has 0 unspecified atom stereocenters. The third-order valence-corrected chi connectivity index (χ3v) is 7.09. The Morgan fingerprint density at radius 3 is 2.85 bits per heavy atom. The second kappa shape index (κ2) is 10.4. The third-order valence-electron chi connectivity index (χ3n) is 5.60. The van der Waals surface area contributed by atoms with Crippen molar-refractivity contribution in [3.05, 3.63) is 54.9 Å². The van der Waals surface area contributed by atoms with E-state index in [0.29, 0.717) is 37.3 Å². The van der Waals surface area contributed by atoms with E-state index in [1.54, 1.807) is 23.0 Å². The van der Waals surface area contributed by atoms with Gasteiger partial charge in [0.1, 0.15) is 11.4 Å². The number of ether oxygens (including phenoxy) is 2. The fourth-order valence-corrected chi connectivity index (χ4v) is 5.16. The number of nitrogens with one attached hydrogen (secondary N) is 1. The number of aryl methyl sites for hydroxylation is 1. The lowest BCUT2D eigenvalue weighted by Crippen LogP contribution is -2.50.